The van der Waals surface area contributed by atoms with Gasteiger partial charge in [0, 0.05) is 0 Å². The number of epoxide rings is 1. The van der Waals surface area contributed by atoms with Crippen LogP contribution in [0.1, 0.15) is 42.3 Å². The predicted octanol–water partition coefficient (Wildman–Crippen LogP) is 3.30. The summed E-state index contributed by atoms with van der Waals surface area (Å²) in [5.74, 6) is 0.127. The van der Waals surface area contributed by atoms with E-state index < -0.39 is 0 Å². The first-order valence-electron chi connectivity index (χ1n) is 6.62. The zero-order chi connectivity index (χ0) is 12.8. The molecule has 1 aromatic heterocycles. The van der Waals surface area contributed by atoms with E-state index in [2.05, 4.69) is 6.92 Å². The minimum Gasteiger partial charge on any atom is -0.371 e. The van der Waals surface area contributed by atoms with E-state index in [1.165, 1.54) is 11.3 Å². The first-order chi connectivity index (χ1) is 8.81. The van der Waals surface area contributed by atoms with E-state index in [0.717, 1.165) is 37.2 Å². The molecule has 18 heavy (non-hydrogen) atoms. The van der Waals surface area contributed by atoms with Crippen LogP contribution in [0.4, 0.5) is 0 Å². The average molecular weight is 268 g/mol. The van der Waals surface area contributed by atoms with E-state index in [9.17, 15) is 4.79 Å². The van der Waals surface area contributed by atoms with E-state index in [-0.39, 0.29) is 18.0 Å². The number of hydrogen-bond acceptors (Lipinski definition) is 4. The quantitative estimate of drug-likeness (QED) is 0.392. The molecule has 1 saturated heterocycles. The van der Waals surface area contributed by atoms with Crippen molar-refractivity contribution >= 4 is 17.1 Å². The topological polar surface area (TPSA) is 38.8 Å². The summed E-state index contributed by atoms with van der Waals surface area (Å²) >= 11 is 1.49. The molecule has 1 aliphatic rings. The molecular formula is C14H20O3S. The smallest absolute Gasteiger partial charge is 0.201 e. The molecule has 0 aliphatic carbocycles. The van der Waals surface area contributed by atoms with Gasteiger partial charge in [-0.3, -0.25) is 4.79 Å². The maximum absolute atomic E-state index is 12.3. The number of carbonyl (C=O) groups is 1. The lowest BCUT2D eigenvalue weighted by molar-refractivity contribution is 0.0316. The number of ketones is 1. The monoisotopic (exact) mass is 268 g/mol. The molecule has 0 amide bonds. The van der Waals surface area contributed by atoms with Crippen LogP contribution in [-0.4, -0.2) is 31.2 Å². The average Bonchev–Trinajstić information content (AvgIpc) is 3.05. The number of ether oxygens (including phenoxy) is 2. The van der Waals surface area contributed by atoms with E-state index in [1.54, 1.807) is 0 Å². The van der Waals surface area contributed by atoms with Gasteiger partial charge in [0.15, 0.2) is 0 Å². The molecule has 1 aliphatic heterocycles. The highest BCUT2D eigenvalue weighted by atomic mass is 32.1. The second-order valence-corrected chi connectivity index (χ2v) is 5.56. The minimum atomic E-state index is -0.292. The molecule has 2 unspecified atom stereocenters. The Morgan fingerprint density at radius 2 is 2.44 bits per heavy atom. The van der Waals surface area contributed by atoms with Crippen LogP contribution < -0.4 is 0 Å². The van der Waals surface area contributed by atoms with Gasteiger partial charge in [0.25, 0.3) is 0 Å². The fourth-order valence-electron chi connectivity index (χ4n) is 1.84. The third-order valence-electron chi connectivity index (χ3n) is 3.01. The molecule has 0 saturated carbocycles. The fourth-order valence-corrected chi connectivity index (χ4v) is 2.54. The van der Waals surface area contributed by atoms with Gasteiger partial charge in [0.2, 0.25) is 5.78 Å². The largest absolute Gasteiger partial charge is 0.371 e. The van der Waals surface area contributed by atoms with Gasteiger partial charge in [0.05, 0.1) is 18.1 Å². The summed E-state index contributed by atoms with van der Waals surface area (Å²) in [5.41, 5.74) is 0. The highest BCUT2D eigenvalue weighted by molar-refractivity contribution is 7.12. The lowest BCUT2D eigenvalue weighted by Gasteiger charge is -2.15. The van der Waals surface area contributed by atoms with Crippen molar-refractivity contribution in [3.05, 3.63) is 22.4 Å². The summed E-state index contributed by atoms with van der Waals surface area (Å²) in [6, 6.07) is 3.78. The molecule has 0 aromatic carbocycles. The van der Waals surface area contributed by atoms with Crippen molar-refractivity contribution in [1.82, 2.24) is 0 Å². The van der Waals surface area contributed by atoms with E-state index >= 15 is 0 Å². The normalized spacial score (nSPS) is 19.7. The van der Waals surface area contributed by atoms with Crippen LogP contribution in [0.3, 0.4) is 0 Å². The second-order valence-electron chi connectivity index (χ2n) is 4.61. The third kappa shape index (κ3) is 4.19. The fraction of sp³-hybridized carbons (Fsp3) is 0.643. The minimum absolute atomic E-state index is 0.127. The van der Waals surface area contributed by atoms with Crippen LogP contribution in [0, 0.1) is 0 Å². The summed E-state index contributed by atoms with van der Waals surface area (Å²) in [6.45, 7) is 3.48. The molecule has 2 rings (SSSR count). The first-order valence-corrected chi connectivity index (χ1v) is 7.50. The molecule has 0 radical (unpaired) electrons. The second kappa shape index (κ2) is 7.02. The van der Waals surface area contributed by atoms with E-state index in [1.807, 2.05) is 17.5 Å². The van der Waals surface area contributed by atoms with Gasteiger partial charge in [-0.1, -0.05) is 32.3 Å². The van der Waals surface area contributed by atoms with Gasteiger partial charge in [-0.2, -0.15) is 0 Å². The van der Waals surface area contributed by atoms with Crippen LogP contribution in [-0.2, 0) is 9.47 Å². The number of carbonyl (C=O) groups excluding carboxylic acids is 1. The molecule has 1 aromatic rings. The van der Waals surface area contributed by atoms with Crippen molar-refractivity contribution in [3.8, 4) is 0 Å². The molecule has 2 atom stereocenters. The summed E-state index contributed by atoms with van der Waals surface area (Å²) in [6.07, 6.45) is 4.10. The molecule has 0 N–H and O–H groups in total. The van der Waals surface area contributed by atoms with Gasteiger partial charge < -0.3 is 9.47 Å². The van der Waals surface area contributed by atoms with Gasteiger partial charge in [0.1, 0.15) is 12.2 Å². The molecule has 4 heteroatoms. The summed E-state index contributed by atoms with van der Waals surface area (Å²) in [5, 5.41) is 1.93. The molecule has 1 fully saturated rings. The predicted molar refractivity (Wildman–Crippen MR) is 72.3 cm³/mol. The Balaban J connectivity index is 1.86. The Kier molecular flexibility index (Phi) is 5.35. The van der Waals surface area contributed by atoms with Crippen LogP contribution in [0.25, 0.3) is 0 Å². The summed E-state index contributed by atoms with van der Waals surface area (Å²) in [4.78, 5) is 13.1. The zero-order valence-corrected chi connectivity index (χ0v) is 11.6. The Hall–Kier alpha value is -0.710. The van der Waals surface area contributed by atoms with Gasteiger partial charge in [-0.25, -0.2) is 0 Å². The first kappa shape index (κ1) is 13.7. The summed E-state index contributed by atoms with van der Waals surface area (Å²) in [7, 11) is 0. The Bertz CT molecular complexity index is 357. The Labute approximate surface area is 112 Å². The van der Waals surface area contributed by atoms with Crippen LogP contribution in [0.15, 0.2) is 17.5 Å². The van der Waals surface area contributed by atoms with Crippen molar-refractivity contribution < 1.29 is 14.3 Å². The Morgan fingerprint density at radius 3 is 3.06 bits per heavy atom. The molecule has 100 valence electrons. The van der Waals surface area contributed by atoms with Crippen LogP contribution >= 0.6 is 11.3 Å². The van der Waals surface area contributed by atoms with E-state index in [0.29, 0.717) is 6.61 Å². The molecule has 2 heterocycles. The number of hydrogen-bond donors (Lipinski definition) is 0. The van der Waals surface area contributed by atoms with Gasteiger partial charge in [-0.15, -0.1) is 11.3 Å². The highest BCUT2D eigenvalue weighted by Gasteiger charge is 2.27. The SMILES string of the molecule is CCCCCC(OCC1CO1)C(=O)c1cccs1. The van der Waals surface area contributed by atoms with Gasteiger partial charge >= 0.3 is 0 Å². The highest BCUT2D eigenvalue weighted by Crippen LogP contribution is 2.19. The number of unbranched alkanes of at least 4 members (excludes halogenated alkanes) is 2. The zero-order valence-electron chi connectivity index (χ0n) is 10.8. The molecule has 0 spiro atoms. The van der Waals surface area contributed by atoms with Crippen molar-refractivity contribution in [2.24, 2.45) is 0 Å². The van der Waals surface area contributed by atoms with Crippen molar-refractivity contribution in [2.75, 3.05) is 13.2 Å². The van der Waals surface area contributed by atoms with Crippen LogP contribution in [0.2, 0.25) is 0 Å². The number of thiophene rings is 1. The van der Waals surface area contributed by atoms with Gasteiger partial charge in [-0.05, 0) is 17.9 Å². The third-order valence-corrected chi connectivity index (χ3v) is 3.90. The van der Waals surface area contributed by atoms with Crippen molar-refractivity contribution in [1.29, 1.82) is 0 Å². The standard InChI is InChI=1S/C14H20O3S/c1-2-3-4-6-12(17-10-11-9-16-11)14(15)13-7-5-8-18-13/h5,7-8,11-12H,2-4,6,9-10H2,1H3. The Morgan fingerprint density at radius 1 is 1.61 bits per heavy atom. The van der Waals surface area contributed by atoms with Crippen molar-refractivity contribution in [2.45, 2.75) is 44.8 Å². The number of rotatable bonds is 9. The molecule has 0 bridgehead atoms. The van der Waals surface area contributed by atoms with Crippen molar-refractivity contribution in [3.63, 3.8) is 0 Å². The maximum Gasteiger partial charge on any atom is 0.201 e. The molecule has 3 nitrogen and oxygen atoms in total. The van der Waals surface area contributed by atoms with E-state index in [4.69, 9.17) is 9.47 Å². The summed E-state index contributed by atoms with van der Waals surface area (Å²) < 4.78 is 10.9. The number of Topliss-reactive ketones (excluding diaryl/α,β-unsaturated/α-hetero) is 1. The molecular weight excluding hydrogens is 248 g/mol. The lowest BCUT2D eigenvalue weighted by Crippen LogP contribution is -2.25. The lowest BCUT2D eigenvalue weighted by atomic mass is 10.1. The maximum atomic E-state index is 12.3. The van der Waals surface area contributed by atoms with Crippen LogP contribution in [0.5, 0.6) is 0 Å².